The van der Waals surface area contributed by atoms with Crippen LogP contribution in [0.15, 0.2) is 41.9 Å². The predicted molar refractivity (Wildman–Crippen MR) is 80.9 cm³/mol. The Bertz CT molecular complexity index is 749. The lowest BCUT2D eigenvalue weighted by molar-refractivity contribution is -0.133. The van der Waals surface area contributed by atoms with E-state index in [0.29, 0.717) is 6.61 Å². The molecule has 0 saturated heterocycles. The van der Waals surface area contributed by atoms with Crippen LogP contribution in [0.3, 0.4) is 0 Å². The number of hydrogen-bond donors (Lipinski definition) is 1. The molecule has 108 valence electrons. The van der Waals surface area contributed by atoms with Crippen LogP contribution in [0, 0.1) is 6.92 Å². The van der Waals surface area contributed by atoms with Gasteiger partial charge in [0.15, 0.2) is 4.96 Å². The maximum absolute atomic E-state index is 11.9. The van der Waals surface area contributed by atoms with Crippen LogP contribution >= 0.6 is 11.3 Å². The van der Waals surface area contributed by atoms with Crippen LogP contribution in [0.5, 0.6) is 0 Å². The molecule has 0 spiro atoms. The molecule has 2 aromatic heterocycles. The second kappa shape index (κ2) is 6.07. The second-order valence-electron chi connectivity index (χ2n) is 4.74. The zero-order valence-electron chi connectivity index (χ0n) is 11.6. The van der Waals surface area contributed by atoms with E-state index in [0.717, 1.165) is 21.9 Å². The maximum atomic E-state index is 11.9. The molecule has 0 bridgehead atoms. The Hall–Kier alpha value is -2.18. The zero-order valence-corrected chi connectivity index (χ0v) is 12.4. The van der Waals surface area contributed by atoms with Crippen molar-refractivity contribution < 1.29 is 9.63 Å². The SMILES string of the molecule is Cc1cn2c(CC(=O)NOCc3ccccc3)csc2n1. The highest BCUT2D eigenvalue weighted by Gasteiger charge is 2.10. The van der Waals surface area contributed by atoms with E-state index < -0.39 is 0 Å². The van der Waals surface area contributed by atoms with Gasteiger partial charge in [-0.05, 0) is 12.5 Å². The van der Waals surface area contributed by atoms with Gasteiger partial charge < -0.3 is 0 Å². The van der Waals surface area contributed by atoms with Crippen LogP contribution in [-0.2, 0) is 22.7 Å². The first kappa shape index (κ1) is 13.8. The number of nitrogens with zero attached hydrogens (tertiary/aromatic N) is 2. The molecule has 6 heteroatoms. The highest BCUT2D eigenvalue weighted by Crippen LogP contribution is 2.16. The molecule has 1 aromatic carbocycles. The fraction of sp³-hybridized carbons (Fsp3) is 0.200. The van der Waals surface area contributed by atoms with Crippen LogP contribution in [0.25, 0.3) is 4.96 Å². The number of hydroxylamine groups is 1. The summed E-state index contributed by atoms with van der Waals surface area (Å²) in [6.45, 7) is 2.29. The van der Waals surface area contributed by atoms with Crippen LogP contribution in [0.4, 0.5) is 0 Å². The number of benzene rings is 1. The Balaban J connectivity index is 1.54. The van der Waals surface area contributed by atoms with E-state index in [1.165, 1.54) is 11.3 Å². The van der Waals surface area contributed by atoms with Gasteiger partial charge in [-0.3, -0.25) is 14.0 Å². The molecule has 1 N–H and O–H groups in total. The van der Waals surface area contributed by atoms with Gasteiger partial charge in [-0.1, -0.05) is 30.3 Å². The number of thiazole rings is 1. The van der Waals surface area contributed by atoms with Crippen LogP contribution < -0.4 is 5.48 Å². The normalized spacial score (nSPS) is 10.9. The topological polar surface area (TPSA) is 55.6 Å². The summed E-state index contributed by atoms with van der Waals surface area (Å²) in [6, 6.07) is 9.71. The zero-order chi connectivity index (χ0) is 14.7. The van der Waals surface area contributed by atoms with E-state index in [-0.39, 0.29) is 12.3 Å². The molecular weight excluding hydrogens is 286 g/mol. The minimum Gasteiger partial charge on any atom is -0.294 e. The first-order valence-corrected chi connectivity index (χ1v) is 7.47. The molecule has 0 atom stereocenters. The molecule has 5 nitrogen and oxygen atoms in total. The Kier molecular flexibility index (Phi) is 3.98. The van der Waals surface area contributed by atoms with Crippen molar-refractivity contribution >= 4 is 22.2 Å². The van der Waals surface area contributed by atoms with E-state index in [1.54, 1.807) is 0 Å². The quantitative estimate of drug-likeness (QED) is 0.737. The summed E-state index contributed by atoms with van der Waals surface area (Å²) in [4.78, 5) is 22.4. The number of carbonyl (C=O) groups is 1. The van der Waals surface area contributed by atoms with Crippen LogP contribution in [-0.4, -0.2) is 15.3 Å². The number of rotatable bonds is 5. The molecule has 0 aliphatic carbocycles. The van der Waals surface area contributed by atoms with Crippen molar-refractivity contribution in [2.75, 3.05) is 0 Å². The van der Waals surface area contributed by atoms with Crippen molar-refractivity contribution in [2.45, 2.75) is 20.0 Å². The number of imidazole rings is 1. The number of amides is 1. The van der Waals surface area contributed by atoms with E-state index in [2.05, 4.69) is 10.5 Å². The molecule has 3 rings (SSSR count). The highest BCUT2D eigenvalue weighted by molar-refractivity contribution is 7.15. The van der Waals surface area contributed by atoms with Crippen molar-refractivity contribution in [2.24, 2.45) is 0 Å². The van der Waals surface area contributed by atoms with Gasteiger partial charge in [0.2, 0.25) is 5.91 Å². The molecule has 2 heterocycles. The van der Waals surface area contributed by atoms with Gasteiger partial charge in [-0.15, -0.1) is 11.3 Å². The summed E-state index contributed by atoms with van der Waals surface area (Å²) in [5.74, 6) is -0.169. The van der Waals surface area contributed by atoms with Gasteiger partial charge in [0, 0.05) is 17.3 Å². The molecule has 21 heavy (non-hydrogen) atoms. The van der Waals surface area contributed by atoms with E-state index in [4.69, 9.17) is 4.84 Å². The molecule has 0 aliphatic rings. The largest absolute Gasteiger partial charge is 0.294 e. The first-order valence-electron chi connectivity index (χ1n) is 6.59. The summed E-state index contributed by atoms with van der Waals surface area (Å²) in [5, 5.41) is 1.94. The second-order valence-corrected chi connectivity index (χ2v) is 5.57. The van der Waals surface area contributed by atoms with Crippen molar-refractivity contribution in [1.29, 1.82) is 0 Å². The summed E-state index contributed by atoms with van der Waals surface area (Å²) in [7, 11) is 0. The summed E-state index contributed by atoms with van der Waals surface area (Å²) in [5.41, 5.74) is 5.35. The lowest BCUT2D eigenvalue weighted by Crippen LogP contribution is -2.25. The molecule has 3 aromatic rings. The van der Waals surface area contributed by atoms with Crippen LogP contribution in [0.2, 0.25) is 0 Å². The molecular formula is C15H15N3O2S. The Morgan fingerprint density at radius 1 is 1.38 bits per heavy atom. The number of fused-ring (bicyclic) bond motifs is 1. The van der Waals surface area contributed by atoms with Crippen molar-refractivity contribution in [3.05, 3.63) is 58.9 Å². The van der Waals surface area contributed by atoms with Crippen molar-refractivity contribution in [3.63, 3.8) is 0 Å². The summed E-state index contributed by atoms with van der Waals surface area (Å²) < 4.78 is 1.94. The van der Waals surface area contributed by atoms with Gasteiger partial charge in [-0.25, -0.2) is 10.5 Å². The van der Waals surface area contributed by atoms with Gasteiger partial charge in [-0.2, -0.15) is 0 Å². The summed E-state index contributed by atoms with van der Waals surface area (Å²) >= 11 is 1.53. The minimum atomic E-state index is -0.169. The molecule has 0 aliphatic heterocycles. The lowest BCUT2D eigenvalue weighted by Gasteiger charge is -2.05. The Morgan fingerprint density at radius 3 is 3.00 bits per heavy atom. The molecule has 0 unspecified atom stereocenters. The molecule has 1 amide bonds. The number of hydrogen-bond acceptors (Lipinski definition) is 4. The predicted octanol–water partition coefficient (Wildman–Crippen LogP) is 2.49. The van der Waals surface area contributed by atoms with Crippen molar-refractivity contribution in [1.82, 2.24) is 14.9 Å². The molecule has 0 fully saturated rings. The third-order valence-electron chi connectivity index (χ3n) is 3.01. The number of carbonyl (C=O) groups excluding carboxylic acids is 1. The monoisotopic (exact) mass is 301 g/mol. The highest BCUT2D eigenvalue weighted by atomic mass is 32.1. The lowest BCUT2D eigenvalue weighted by atomic mass is 10.2. The first-order chi connectivity index (χ1) is 10.2. The van der Waals surface area contributed by atoms with Gasteiger partial charge in [0.25, 0.3) is 0 Å². The minimum absolute atomic E-state index is 0.169. The van der Waals surface area contributed by atoms with Gasteiger partial charge >= 0.3 is 0 Å². The third kappa shape index (κ3) is 3.29. The fourth-order valence-corrected chi connectivity index (χ4v) is 2.96. The number of aromatic nitrogens is 2. The number of aryl methyl sites for hydroxylation is 1. The van der Waals surface area contributed by atoms with Gasteiger partial charge in [0.05, 0.1) is 18.7 Å². The van der Waals surface area contributed by atoms with Crippen LogP contribution in [0.1, 0.15) is 17.0 Å². The third-order valence-corrected chi connectivity index (χ3v) is 3.90. The summed E-state index contributed by atoms with van der Waals surface area (Å²) in [6.07, 6.45) is 2.20. The van der Waals surface area contributed by atoms with E-state index in [1.807, 2.05) is 53.2 Å². The average molecular weight is 301 g/mol. The van der Waals surface area contributed by atoms with E-state index >= 15 is 0 Å². The Morgan fingerprint density at radius 2 is 2.19 bits per heavy atom. The smallest absolute Gasteiger partial charge is 0.249 e. The standard InChI is InChI=1S/C15H15N3O2S/c1-11-8-18-13(10-21-15(18)16-11)7-14(19)17-20-9-12-5-3-2-4-6-12/h2-6,8,10H,7,9H2,1H3,(H,17,19). The van der Waals surface area contributed by atoms with Gasteiger partial charge in [0.1, 0.15) is 0 Å². The number of nitrogens with one attached hydrogen (secondary N) is 1. The fourth-order valence-electron chi connectivity index (χ4n) is 2.04. The average Bonchev–Trinajstić information content (AvgIpc) is 3.01. The molecule has 0 saturated carbocycles. The van der Waals surface area contributed by atoms with E-state index in [9.17, 15) is 4.79 Å². The maximum Gasteiger partial charge on any atom is 0.249 e. The Labute approximate surface area is 126 Å². The molecule has 0 radical (unpaired) electrons. The van der Waals surface area contributed by atoms with Crippen molar-refractivity contribution in [3.8, 4) is 0 Å².